The second-order valence-electron chi connectivity index (χ2n) is 5.02. The van der Waals surface area contributed by atoms with Crippen molar-refractivity contribution in [2.45, 2.75) is 43.4 Å². The molecule has 1 aliphatic heterocycles. The molecule has 17 heavy (non-hydrogen) atoms. The third-order valence-corrected chi connectivity index (χ3v) is 3.99. The highest BCUT2D eigenvalue weighted by Gasteiger charge is 2.40. The average molecular weight is 242 g/mol. The van der Waals surface area contributed by atoms with Crippen molar-refractivity contribution < 1.29 is 14.3 Å². The van der Waals surface area contributed by atoms with E-state index in [1.165, 1.54) is 0 Å². The Morgan fingerprint density at radius 2 is 2.18 bits per heavy atom. The molecule has 5 nitrogen and oxygen atoms in total. The first kappa shape index (κ1) is 12.8. The summed E-state index contributed by atoms with van der Waals surface area (Å²) in [5, 5.41) is 6.24. The van der Waals surface area contributed by atoms with Gasteiger partial charge >= 0.3 is 0 Å². The molecule has 1 aliphatic carbocycles. The summed E-state index contributed by atoms with van der Waals surface area (Å²) in [6.07, 6.45) is 3.70. The Kier molecular flexibility index (Phi) is 4.01. The molecule has 0 aromatic carbocycles. The van der Waals surface area contributed by atoms with Gasteiger partial charge < -0.3 is 20.1 Å². The monoisotopic (exact) mass is 242 g/mol. The molecule has 2 atom stereocenters. The van der Waals surface area contributed by atoms with Crippen molar-refractivity contribution >= 4 is 5.91 Å². The van der Waals surface area contributed by atoms with Crippen LogP contribution in [0.3, 0.4) is 0 Å². The lowest BCUT2D eigenvalue weighted by atomic mass is 9.77. The smallest absolute Gasteiger partial charge is 0.223 e. The third kappa shape index (κ3) is 2.78. The molecule has 5 heteroatoms. The maximum Gasteiger partial charge on any atom is 0.223 e. The molecule has 2 rings (SSSR count). The molecule has 1 amide bonds. The first-order valence-electron chi connectivity index (χ1n) is 6.27. The normalized spacial score (nSPS) is 30.9. The molecule has 1 unspecified atom stereocenters. The van der Waals surface area contributed by atoms with Crippen LogP contribution >= 0.6 is 0 Å². The Morgan fingerprint density at radius 1 is 1.41 bits per heavy atom. The topological polar surface area (TPSA) is 59.6 Å². The van der Waals surface area contributed by atoms with E-state index < -0.39 is 0 Å². The largest absolute Gasteiger partial charge is 0.378 e. The maximum atomic E-state index is 12.0. The number of nitrogens with one attached hydrogen (secondary N) is 2. The van der Waals surface area contributed by atoms with Crippen LogP contribution in [-0.2, 0) is 14.3 Å². The molecule has 0 spiro atoms. The molecule has 0 aromatic rings. The predicted molar refractivity (Wildman–Crippen MR) is 63.8 cm³/mol. The molecule has 2 fully saturated rings. The van der Waals surface area contributed by atoms with Crippen LogP contribution in [0.1, 0.15) is 25.7 Å². The number of rotatable bonds is 5. The van der Waals surface area contributed by atoms with E-state index in [0.29, 0.717) is 6.42 Å². The van der Waals surface area contributed by atoms with Gasteiger partial charge in [-0.2, -0.15) is 0 Å². The molecule has 1 heterocycles. The molecule has 0 bridgehead atoms. The van der Waals surface area contributed by atoms with E-state index in [1.54, 1.807) is 14.2 Å². The summed E-state index contributed by atoms with van der Waals surface area (Å²) in [6, 6.07) is 0.0847. The number of methoxy groups -OCH3 is 2. The highest BCUT2D eigenvalue weighted by Crippen LogP contribution is 2.37. The van der Waals surface area contributed by atoms with Crippen molar-refractivity contribution in [2.24, 2.45) is 0 Å². The summed E-state index contributed by atoms with van der Waals surface area (Å²) in [4.78, 5) is 12.0. The summed E-state index contributed by atoms with van der Waals surface area (Å²) in [6.45, 7) is 1.58. The number of ether oxygens (including phenoxy) is 2. The van der Waals surface area contributed by atoms with Crippen LogP contribution in [0, 0.1) is 0 Å². The van der Waals surface area contributed by atoms with Gasteiger partial charge in [0.1, 0.15) is 0 Å². The number of carbonyl (C=O) groups is 1. The Labute approximate surface area is 102 Å². The second-order valence-corrected chi connectivity index (χ2v) is 5.02. The molecule has 1 saturated heterocycles. The molecular formula is C12H22N2O3. The van der Waals surface area contributed by atoms with Crippen molar-refractivity contribution in [2.75, 3.05) is 27.3 Å². The van der Waals surface area contributed by atoms with Crippen LogP contribution in [-0.4, -0.2) is 51.0 Å². The quantitative estimate of drug-likeness (QED) is 0.715. The fourth-order valence-electron chi connectivity index (χ4n) is 2.62. The van der Waals surface area contributed by atoms with E-state index in [4.69, 9.17) is 9.47 Å². The van der Waals surface area contributed by atoms with Gasteiger partial charge in [0.05, 0.1) is 24.2 Å². The zero-order valence-corrected chi connectivity index (χ0v) is 10.6. The van der Waals surface area contributed by atoms with Gasteiger partial charge in [-0.1, -0.05) is 0 Å². The molecule has 2 N–H and O–H groups in total. The van der Waals surface area contributed by atoms with E-state index in [0.717, 1.165) is 32.4 Å². The Bertz CT molecular complexity index is 273. The first-order chi connectivity index (χ1) is 8.19. The van der Waals surface area contributed by atoms with E-state index >= 15 is 0 Å². The summed E-state index contributed by atoms with van der Waals surface area (Å²) in [7, 11) is 3.38. The summed E-state index contributed by atoms with van der Waals surface area (Å²) in [5.41, 5.74) is -0.196. The number of amides is 1. The minimum atomic E-state index is -0.196. The molecule has 98 valence electrons. The SMILES string of the molecule is CO[C@H]1CNCC1NC(=O)CC1(OC)CCC1. The van der Waals surface area contributed by atoms with Crippen molar-refractivity contribution in [1.82, 2.24) is 10.6 Å². The fourth-order valence-corrected chi connectivity index (χ4v) is 2.62. The van der Waals surface area contributed by atoms with Crippen molar-refractivity contribution in [3.05, 3.63) is 0 Å². The number of hydrogen-bond acceptors (Lipinski definition) is 4. The lowest BCUT2D eigenvalue weighted by Gasteiger charge is -2.40. The number of hydrogen-bond donors (Lipinski definition) is 2. The Balaban J connectivity index is 1.80. The average Bonchev–Trinajstić information content (AvgIpc) is 2.70. The van der Waals surface area contributed by atoms with E-state index in [-0.39, 0.29) is 23.7 Å². The van der Waals surface area contributed by atoms with Crippen LogP contribution in [0.2, 0.25) is 0 Å². The van der Waals surface area contributed by atoms with Gasteiger partial charge in [0.25, 0.3) is 0 Å². The van der Waals surface area contributed by atoms with Crippen molar-refractivity contribution in [3.63, 3.8) is 0 Å². The summed E-state index contributed by atoms with van der Waals surface area (Å²) >= 11 is 0. The highest BCUT2D eigenvalue weighted by atomic mass is 16.5. The minimum Gasteiger partial charge on any atom is -0.378 e. The van der Waals surface area contributed by atoms with Gasteiger partial charge in [-0.3, -0.25) is 4.79 Å². The fraction of sp³-hybridized carbons (Fsp3) is 0.917. The lowest BCUT2D eigenvalue weighted by molar-refractivity contribution is -0.135. The summed E-state index contributed by atoms with van der Waals surface area (Å²) in [5.74, 6) is 0.0716. The molecule has 2 aliphatic rings. The Hall–Kier alpha value is -0.650. The zero-order chi connectivity index (χ0) is 12.3. The first-order valence-corrected chi connectivity index (χ1v) is 6.27. The van der Waals surface area contributed by atoms with E-state index in [2.05, 4.69) is 10.6 Å². The standard InChI is InChI=1S/C12H22N2O3/c1-16-10-8-13-7-9(10)14-11(15)6-12(17-2)4-3-5-12/h9-10,13H,3-8H2,1-2H3,(H,14,15)/t9?,10-/m0/s1. The van der Waals surface area contributed by atoms with Gasteiger partial charge in [0.15, 0.2) is 0 Å². The zero-order valence-electron chi connectivity index (χ0n) is 10.6. The highest BCUT2D eigenvalue weighted by molar-refractivity contribution is 5.77. The van der Waals surface area contributed by atoms with Gasteiger partial charge in [-0.05, 0) is 19.3 Å². The van der Waals surface area contributed by atoms with Crippen LogP contribution in [0.25, 0.3) is 0 Å². The van der Waals surface area contributed by atoms with Gasteiger partial charge in [-0.15, -0.1) is 0 Å². The Morgan fingerprint density at radius 3 is 2.71 bits per heavy atom. The predicted octanol–water partition coefficient (Wildman–Crippen LogP) is 0.0486. The maximum absolute atomic E-state index is 12.0. The summed E-state index contributed by atoms with van der Waals surface area (Å²) < 4.78 is 10.8. The van der Waals surface area contributed by atoms with E-state index in [9.17, 15) is 4.79 Å². The second kappa shape index (κ2) is 5.33. The van der Waals surface area contributed by atoms with Crippen molar-refractivity contribution in [3.8, 4) is 0 Å². The minimum absolute atomic E-state index is 0.0716. The number of carbonyl (C=O) groups excluding carboxylic acids is 1. The molecule has 1 saturated carbocycles. The van der Waals surface area contributed by atoms with Gasteiger partial charge in [-0.25, -0.2) is 0 Å². The molecular weight excluding hydrogens is 220 g/mol. The van der Waals surface area contributed by atoms with Gasteiger partial charge in [0.2, 0.25) is 5.91 Å². The van der Waals surface area contributed by atoms with Crippen LogP contribution < -0.4 is 10.6 Å². The van der Waals surface area contributed by atoms with Gasteiger partial charge in [0, 0.05) is 27.3 Å². The molecule has 0 aromatic heterocycles. The van der Waals surface area contributed by atoms with Crippen LogP contribution in [0.15, 0.2) is 0 Å². The lowest BCUT2D eigenvalue weighted by Crippen LogP contribution is -2.49. The van der Waals surface area contributed by atoms with Crippen LogP contribution in [0.5, 0.6) is 0 Å². The molecule has 0 radical (unpaired) electrons. The van der Waals surface area contributed by atoms with Crippen LogP contribution in [0.4, 0.5) is 0 Å². The van der Waals surface area contributed by atoms with E-state index in [1.807, 2.05) is 0 Å². The van der Waals surface area contributed by atoms with Crippen molar-refractivity contribution in [1.29, 1.82) is 0 Å². The third-order valence-electron chi connectivity index (χ3n) is 3.99.